The maximum atomic E-state index is 11.7. The lowest BCUT2D eigenvalue weighted by molar-refractivity contribution is -0.201. The van der Waals surface area contributed by atoms with Crippen LogP contribution < -0.4 is 0 Å². The van der Waals surface area contributed by atoms with Gasteiger partial charge in [-0.15, -0.1) is 0 Å². The standard InChI is InChI=1S/C17H20N4O7S/c1-9(22)25-8-13-15(26-10(2)23)14(20-21-18)16(27-11(3)24)17(28-13)29-12-4-6-19-7-5-12/h4-7,13-17H,8H2,1-3H3/t13?,14?,15-,16+,17+/m0/s1. The summed E-state index contributed by atoms with van der Waals surface area (Å²) < 4.78 is 21.6. The molecule has 1 aromatic heterocycles. The fourth-order valence-corrected chi connectivity index (χ4v) is 3.82. The highest BCUT2D eigenvalue weighted by Crippen LogP contribution is 2.37. The van der Waals surface area contributed by atoms with E-state index in [0.29, 0.717) is 0 Å². The van der Waals surface area contributed by atoms with Crippen molar-refractivity contribution in [3.63, 3.8) is 0 Å². The molecule has 1 aliphatic heterocycles. The fourth-order valence-electron chi connectivity index (χ4n) is 2.72. The lowest BCUT2D eigenvalue weighted by Gasteiger charge is -2.43. The van der Waals surface area contributed by atoms with Crippen molar-refractivity contribution in [3.05, 3.63) is 35.0 Å². The quantitative estimate of drug-likeness (QED) is 0.210. The van der Waals surface area contributed by atoms with Crippen molar-refractivity contribution in [1.82, 2.24) is 4.98 Å². The predicted molar refractivity (Wildman–Crippen MR) is 99.4 cm³/mol. The molecule has 0 amide bonds. The molecular weight excluding hydrogens is 404 g/mol. The van der Waals surface area contributed by atoms with Crippen molar-refractivity contribution in [2.75, 3.05) is 6.61 Å². The third-order valence-electron chi connectivity index (χ3n) is 3.76. The summed E-state index contributed by atoms with van der Waals surface area (Å²) in [7, 11) is 0. The van der Waals surface area contributed by atoms with Crippen LogP contribution in [0.5, 0.6) is 0 Å². The van der Waals surface area contributed by atoms with Crippen LogP contribution in [0.15, 0.2) is 34.5 Å². The molecule has 0 saturated carbocycles. The normalized spacial score (nSPS) is 26.0. The van der Waals surface area contributed by atoms with Gasteiger partial charge in [0.15, 0.2) is 0 Å². The Morgan fingerprint density at radius 2 is 1.76 bits per heavy atom. The summed E-state index contributed by atoms with van der Waals surface area (Å²) in [5.41, 5.74) is 8.21. The first-order valence-corrected chi connectivity index (χ1v) is 9.44. The van der Waals surface area contributed by atoms with Gasteiger partial charge in [-0.1, -0.05) is 16.9 Å². The minimum Gasteiger partial charge on any atom is -0.463 e. The SMILES string of the molecule is CC(=O)OCC1O[C@H](Sc2ccncc2)[C@H](OC(C)=O)C(N=[N+]=[N-])[C@H]1OC(C)=O. The van der Waals surface area contributed by atoms with E-state index in [4.69, 9.17) is 24.5 Å². The Morgan fingerprint density at radius 1 is 1.14 bits per heavy atom. The van der Waals surface area contributed by atoms with Crippen LogP contribution in [0.25, 0.3) is 10.4 Å². The molecule has 2 unspecified atom stereocenters. The van der Waals surface area contributed by atoms with E-state index in [0.717, 1.165) is 4.90 Å². The maximum Gasteiger partial charge on any atom is 0.303 e. The van der Waals surface area contributed by atoms with Crippen LogP contribution in [-0.4, -0.2) is 59.3 Å². The molecule has 1 fully saturated rings. The Morgan fingerprint density at radius 3 is 2.31 bits per heavy atom. The van der Waals surface area contributed by atoms with Crippen LogP contribution in [0.1, 0.15) is 20.8 Å². The summed E-state index contributed by atoms with van der Waals surface area (Å²) in [6.07, 6.45) is 0.0365. The molecule has 5 atom stereocenters. The first kappa shape index (κ1) is 22.5. The number of carbonyl (C=O) groups is 3. The minimum atomic E-state index is -1.12. The first-order valence-electron chi connectivity index (χ1n) is 8.56. The molecule has 156 valence electrons. The Labute approximate surface area is 170 Å². The number of rotatable bonds is 7. The highest BCUT2D eigenvalue weighted by Gasteiger charge is 2.50. The van der Waals surface area contributed by atoms with Crippen LogP contribution in [0, 0.1) is 0 Å². The molecule has 0 aliphatic carbocycles. The number of aromatic nitrogens is 1. The van der Waals surface area contributed by atoms with Gasteiger partial charge in [0.05, 0.1) is 0 Å². The zero-order valence-electron chi connectivity index (χ0n) is 16.0. The van der Waals surface area contributed by atoms with E-state index in [-0.39, 0.29) is 6.61 Å². The number of carbonyl (C=O) groups excluding carboxylic acids is 3. The van der Waals surface area contributed by atoms with Crippen LogP contribution >= 0.6 is 11.8 Å². The molecular formula is C17H20N4O7S. The summed E-state index contributed by atoms with van der Waals surface area (Å²) in [6.45, 7) is 3.35. The van der Waals surface area contributed by atoms with Gasteiger partial charge in [-0.25, -0.2) is 0 Å². The molecule has 0 radical (unpaired) electrons. The zero-order chi connectivity index (χ0) is 21.4. The molecule has 2 heterocycles. The van der Waals surface area contributed by atoms with E-state index in [9.17, 15) is 14.4 Å². The second-order valence-electron chi connectivity index (χ2n) is 5.99. The van der Waals surface area contributed by atoms with E-state index in [1.165, 1.54) is 32.5 Å². The number of esters is 3. The van der Waals surface area contributed by atoms with Gasteiger partial charge >= 0.3 is 17.9 Å². The number of ether oxygens (including phenoxy) is 4. The number of thioether (sulfide) groups is 1. The number of azide groups is 1. The molecule has 2 rings (SSSR count). The highest BCUT2D eigenvalue weighted by molar-refractivity contribution is 7.99. The lowest BCUT2D eigenvalue weighted by Crippen LogP contribution is -2.59. The van der Waals surface area contributed by atoms with Gasteiger partial charge in [-0.3, -0.25) is 19.4 Å². The predicted octanol–water partition coefficient (Wildman–Crippen LogP) is 2.00. The molecule has 11 nitrogen and oxygen atoms in total. The average Bonchev–Trinajstić information content (AvgIpc) is 2.65. The van der Waals surface area contributed by atoms with Gasteiger partial charge in [0, 0.05) is 43.0 Å². The summed E-state index contributed by atoms with van der Waals surface area (Å²) in [5.74, 6) is -1.85. The van der Waals surface area contributed by atoms with E-state index < -0.39 is 47.7 Å². The Bertz CT molecular complexity index is 787. The molecule has 1 saturated heterocycles. The van der Waals surface area contributed by atoms with Crippen LogP contribution in [0.4, 0.5) is 0 Å². The third-order valence-corrected chi connectivity index (χ3v) is 4.91. The fraction of sp³-hybridized carbons (Fsp3) is 0.529. The summed E-state index contributed by atoms with van der Waals surface area (Å²) in [5, 5.41) is 3.70. The van der Waals surface area contributed by atoms with E-state index in [1.54, 1.807) is 24.5 Å². The van der Waals surface area contributed by atoms with E-state index >= 15 is 0 Å². The van der Waals surface area contributed by atoms with Crippen molar-refractivity contribution in [1.29, 1.82) is 0 Å². The first-order chi connectivity index (χ1) is 13.8. The van der Waals surface area contributed by atoms with Gasteiger partial charge in [0.2, 0.25) is 0 Å². The largest absolute Gasteiger partial charge is 0.463 e. The van der Waals surface area contributed by atoms with E-state index in [1.807, 2.05) is 0 Å². The van der Waals surface area contributed by atoms with Gasteiger partial charge in [-0.05, 0) is 17.7 Å². The lowest BCUT2D eigenvalue weighted by atomic mass is 9.97. The molecule has 0 bridgehead atoms. The second kappa shape index (κ2) is 10.6. The molecule has 29 heavy (non-hydrogen) atoms. The smallest absolute Gasteiger partial charge is 0.303 e. The molecule has 1 aromatic rings. The number of pyridine rings is 1. The minimum absolute atomic E-state index is 0.245. The number of nitrogens with zero attached hydrogens (tertiary/aromatic N) is 4. The van der Waals surface area contributed by atoms with Crippen molar-refractivity contribution in [2.45, 2.75) is 55.5 Å². The van der Waals surface area contributed by atoms with Gasteiger partial charge < -0.3 is 18.9 Å². The second-order valence-corrected chi connectivity index (χ2v) is 7.16. The Balaban J connectivity index is 2.41. The third kappa shape index (κ3) is 6.63. The van der Waals surface area contributed by atoms with Gasteiger partial charge in [0.1, 0.15) is 36.4 Å². The van der Waals surface area contributed by atoms with Crippen LogP contribution in [0.2, 0.25) is 0 Å². The maximum absolute atomic E-state index is 11.7. The van der Waals surface area contributed by atoms with Crippen molar-refractivity contribution < 1.29 is 33.3 Å². The molecule has 0 spiro atoms. The number of hydrogen-bond donors (Lipinski definition) is 0. The van der Waals surface area contributed by atoms with Crippen LogP contribution in [0.3, 0.4) is 0 Å². The molecule has 1 aliphatic rings. The zero-order valence-corrected chi connectivity index (χ0v) is 16.8. The highest BCUT2D eigenvalue weighted by atomic mass is 32.2. The van der Waals surface area contributed by atoms with Gasteiger partial charge in [0.25, 0.3) is 0 Å². The van der Waals surface area contributed by atoms with Crippen molar-refractivity contribution >= 4 is 29.7 Å². The average molecular weight is 424 g/mol. The molecule has 0 aromatic carbocycles. The summed E-state index contributed by atoms with van der Waals surface area (Å²) >= 11 is 1.20. The molecule has 12 heteroatoms. The summed E-state index contributed by atoms with van der Waals surface area (Å²) in [6, 6.07) is 2.35. The Kier molecular flexibility index (Phi) is 8.25. The van der Waals surface area contributed by atoms with E-state index in [2.05, 4.69) is 15.0 Å². The Hall–Kier alpha value is -2.82. The van der Waals surface area contributed by atoms with Gasteiger partial charge in [-0.2, -0.15) is 0 Å². The summed E-state index contributed by atoms with van der Waals surface area (Å²) in [4.78, 5) is 42.0. The van der Waals surface area contributed by atoms with Crippen molar-refractivity contribution in [2.24, 2.45) is 5.11 Å². The number of hydrogen-bond acceptors (Lipinski definition) is 10. The monoisotopic (exact) mass is 424 g/mol. The van der Waals surface area contributed by atoms with Crippen LogP contribution in [-0.2, 0) is 33.3 Å². The molecule has 0 N–H and O–H groups in total. The van der Waals surface area contributed by atoms with Crippen molar-refractivity contribution in [3.8, 4) is 0 Å². The topological polar surface area (TPSA) is 150 Å².